The molecule has 0 aromatic heterocycles. The van der Waals surface area contributed by atoms with Crippen molar-refractivity contribution in [3.63, 3.8) is 0 Å². The van der Waals surface area contributed by atoms with Crippen LogP contribution in [0.1, 0.15) is 37.5 Å². The van der Waals surface area contributed by atoms with Gasteiger partial charge in [0.2, 0.25) is 11.8 Å². The lowest BCUT2D eigenvalue weighted by Crippen LogP contribution is -2.56. The third kappa shape index (κ3) is 9.13. The number of amides is 2. The summed E-state index contributed by atoms with van der Waals surface area (Å²) in [6, 6.07) is 22.4. The minimum absolute atomic E-state index is 0.0342. The van der Waals surface area contributed by atoms with E-state index in [9.17, 15) is 31.2 Å². The molecule has 0 aliphatic carbocycles. The number of alkyl halides is 3. The number of nitrogens with zero attached hydrogens (tertiary/aromatic N) is 2. The first-order chi connectivity index (χ1) is 22.5. The van der Waals surface area contributed by atoms with Crippen molar-refractivity contribution < 1.29 is 35.6 Å². The molecule has 4 aromatic carbocycles. The summed E-state index contributed by atoms with van der Waals surface area (Å²) < 4.78 is 85.4. The molecular weight excluding hydrogens is 670 g/mol. The van der Waals surface area contributed by atoms with Crippen molar-refractivity contribution in [2.24, 2.45) is 0 Å². The minimum atomic E-state index is -4.94. The topological polar surface area (TPSA) is 86.8 Å². The molecule has 0 aliphatic heterocycles. The summed E-state index contributed by atoms with van der Waals surface area (Å²) in [7, 11) is -4.67. The van der Waals surface area contributed by atoms with Gasteiger partial charge in [-0.3, -0.25) is 13.9 Å². The minimum Gasteiger partial charge on any atom is -0.350 e. The quantitative estimate of drug-likeness (QED) is 0.167. The van der Waals surface area contributed by atoms with Crippen molar-refractivity contribution in [1.82, 2.24) is 10.2 Å². The molecular formula is C35H34ClF4N3O4S. The van der Waals surface area contributed by atoms with Crippen molar-refractivity contribution in [2.45, 2.75) is 56.4 Å². The summed E-state index contributed by atoms with van der Waals surface area (Å²) >= 11 is 5.84. The lowest BCUT2D eigenvalue weighted by atomic mass is 10.0. The highest BCUT2D eigenvalue weighted by Crippen LogP contribution is 2.38. The van der Waals surface area contributed by atoms with E-state index in [0.29, 0.717) is 15.9 Å². The molecule has 0 spiro atoms. The number of sulfonamides is 1. The Morgan fingerprint density at radius 3 is 2.02 bits per heavy atom. The second kappa shape index (κ2) is 14.8. The highest BCUT2D eigenvalue weighted by molar-refractivity contribution is 7.92. The van der Waals surface area contributed by atoms with E-state index in [2.05, 4.69) is 5.32 Å². The van der Waals surface area contributed by atoms with Crippen molar-refractivity contribution >= 4 is 39.1 Å². The summed E-state index contributed by atoms with van der Waals surface area (Å²) in [4.78, 5) is 29.1. The lowest BCUT2D eigenvalue weighted by molar-refractivity contribution is -0.140. The van der Waals surface area contributed by atoms with Gasteiger partial charge in [0.05, 0.1) is 21.2 Å². The average molecular weight is 704 g/mol. The Bertz CT molecular complexity index is 1850. The summed E-state index contributed by atoms with van der Waals surface area (Å²) in [5.41, 5.74) is -1.86. The molecule has 254 valence electrons. The maximum absolute atomic E-state index is 15.0. The van der Waals surface area contributed by atoms with Crippen LogP contribution in [0.25, 0.3) is 0 Å². The van der Waals surface area contributed by atoms with Crippen LogP contribution >= 0.6 is 11.6 Å². The normalized spacial score (nSPS) is 12.7. The van der Waals surface area contributed by atoms with Gasteiger partial charge in [-0.05, 0) is 62.7 Å². The molecule has 0 heterocycles. The zero-order valence-corrected chi connectivity index (χ0v) is 27.9. The van der Waals surface area contributed by atoms with Crippen LogP contribution in [0.15, 0.2) is 108 Å². The van der Waals surface area contributed by atoms with Gasteiger partial charge in [0, 0.05) is 24.1 Å². The van der Waals surface area contributed by atoms with Crippen LogP contribution in [0.2, 0.25) is 5.02 Å². The highest BCUT2D eigenvalue weighted by Gasteiger charge is 2.38. The standard InChI is InChI=1S/C35H34ClF4N3O4S/c1-34(2,3)41-33(45)31(20-24-12-6-4-7-13-24)42(22-25-14-10-11-17-30(25)37)32(44)23-43(48(46,47)27-15-8-5-9-16-27)26-18-19-29(36)28(21-26)35(38,39)40/h4-19,21,31H,20,22-23H2,1-3H3,(H,41,45)/t31-/m0/s1. The van der Waals surface area contributed by atoms with E-state index in [0.717, 1.165) is 17.0 Å². The van der Waals surface area contributed by atoms with Crippen molar-refractivity contribution in [2.75, 3.05) is 10.8 Å². The summed E-state index contributed by atoms with van der Waals surface area (Å²) in [6.07, 6.45) is -4.98. The van der Waals surface area contributed by atoms with Gasteiger partial charge in [-0.1, -0.05) is 78.3 Å². The number of hydrogen-bond acceptors (Lipinski definition) is 4. The Morgan fingerprint density at radius 2 is 1.44 bits per heavy atom. The monoisotopic (exact) mass is 703 g/mol. The number of rotatable bonds is 11. The van der Waals surface area contributed by atoms with Gasteiger partial charge >= 0.3 is 6.18 Å². The first-order valence-electron chi connectivity index (χ1n) is 14.8. The first-order valence-corrected chi connectivity index (χ1v) is 16.6. The number of anilines is 1. The van der Waals surface area contributed by atoms with E-state index in [-0.39, 0.29) is 16.9 Å². The van der Waals surface area contributed by atoms with Crippen molar-refractivity contribution in [3.8, 4) is 0 Å². The number of halogens is 5. The first kappa shape index (κ1) is 36.4. The molecule has 2 amide bonds. The van der Waals surface area contributed by atoms with Crippen LogP contribution in [0, 0.1) is 5.82 Å². The zero-order chi connectivity index (χ0) is 35.3. The van der Waals surface area contributed by atoms with Crippen LogP contribution in [-0.4, -0.2) is 43.3 Å². The maximum atomic E-state index is 15.0. The Morgan fingerprint density at radius 1 is 0.854 bits per heavy atom. The van der Waals surface area contributed by atoms with Gasteiger partial charge < -0.3 is 10.2 Å². The SMILES string of the molecule is CC(C)(C)NC(=O)[C@H](Cc1ccccc1)N(Cc1ccccc1F)C(=O)CN(c1ccc(Cl)c(C(F)(F)F)c1)S(=O)(=O)c1ccccc1. The van der Waals surface area contributed by atoms with Gasteiger partial charge in [-0.15, -0.1) is 0 Å². The van der Waals surface area contributed by atoms with Crippen molar-refractivity contribution in [1.29, 1.82) is 0 Å². The second-order valence-electron chi connectivity index (χ2n) is 12.0. The molecule has 0 saturated heterocycles. The fourth-order valence-electron chi connectivity index (χ4n) is 4.95. The van der Waals surface area contributed by atoms with E-state index in [1.807, 2.05) is 0 Å². The Kier molecular flexibility index (Phi) is 11.2. The van der Waals surface area contributed by atoms with Crippen LogP contribution < -0.4 is 9.62 Å². The molecule has 0 fully saturated rings. The van der Waals surface area contributed by atoms with Crippen LogP contribution in [0.5, 0.6) is 0 Å². The molecule has 48 heavy (non-hydrogen) atoms. The molecule has 0 unspecified atom stereocenters. The predicted molar refractivity (Wildman–Crippen MR) is 176 cm³/mol. The molecule has 1 N–H and O–H groups in total. The number of benzene rings is 4. The van der Waals surface area contributed by atoms with E-state index >= 15 is 4.39 Å². The Hall–Kier alpha value is -4.42. The third-order valence-electron chi connectivity index (χ3n) is 7.22. The predicted octanol–water partition coefficient (Wildman–Crippen LogP) is 7.25. The van der Waals surface area contributed by atoms with Gasteiger partial charge in [0.1, 0.15) is 18.4 Å². The van der Waals surface area contributed by atoms with Crippen LogP contribution in [0.3, 0.4) is 0 Å². The number of nitrogens with one attached hydrogen (secondary N) is 1. The van der Waals surface area contributed by atoms with E-state index in [4.69, 9.17) is 11.6 Å². The molecule has 4 rings (SSSR count). The summed E-state index contributed by atoms with van der Waals surface area (Å²) in [6.45, 7) is 3.73. The fraction of sp³-hybridized carbons (Fsp3) is 0.257. The molecule has 1 atom stereocenters. The second-order valence-corrected chi connectivity index (χ2v) is 14.3. The maximum Gasteiger partial charge on any atom is 0.417 e. The smallest absolute Gasteiger partial charge is 0.350 e. The van der Waals surface area contributed by atoms with Gasteiger partial charge in [-0.2, -0.15) is 13.2 Å². The number of carbonyl (C=O) groups excluding carboxylic acids is 2. The molecule has 0 bridgehead atoms. The molecule has 0 radical (unpaired) electrons. The Balaban J connectivity index is 1.88. The number of carbonyl (C=O) groups is 2. The van der Waals surface area contributed by atoms with Gasteiger partial charge in [0.15, 0.2) is 0 Å². The lowest BCUT2D eigenvalue weighted by Gasteiger charge is -2.35. The van der Waals surface area contributed by atoms with Crippen LogP contribution in [-0.2, 0) is 38.8 Å². The molecule has 0 aliphatic rings. The molecule has 4 aromatic rings. The fourth-order valence-corrected chi connectivity index (χ4v) is 6.60. The van der Waals surface area contributed by atoms with E-state index in [1.165, 1.54) is 42.5 Å². The van der Waals surface area contributed by atoms with Crippen molar-refractivity contribution in [3.05, 3.63) is 131 Å². The zero-order valence-electron chi connectivity index (χ0n) is 26.3. The van der Waals surface area contributed by atoms with E-state index in [1.54, 1.807) is 63.2 Å². The summed E-state index contributed by atoms with van der Waals surface area (Å²) in [5.74, 6) is -2.24. The highest BCUT2D eigenvalue weighted by atomic mass is 35.5. The van der Waals surface area contributed by atoms with E-state index < -0.39 is 74.8 Å². The van der Waals surface area contributed by atoms with Gasteiger partial charge in [-0.25, -0.2) is 12.8 Å². The third-order valence-corrected chi connectivity index (χ3v) is 9.34. The number of hydrogen-bond donors (Lipinski definition) is 1. The molecule has 7 nitrogen and oxygen atoms in total. The molecule has 13 heteroatoms. The Labute approximate surface area is 282 Å². The largest absolute Gasteiger partial charge is 0.417 e. The van der Waals surface area contributed by atoms with Crippen LogP contribution in [0.4, 0.5) is 23.2 Å². The average Bonchev–Trinajstić information content (AvgIpc) is 3.02. The van der Waals surface area contributed by atoms with Gasteiger partial charge in [0.25, 0.3) is 10.0 Å². The molecule has 0 saturated carbocycles. The summed E-state index contributed by atoms with van der Waals surface area (Å²) in [5, 5.41) is 2.18.